The molecule has 1 aliphatic rings. The predicted molar refractivity (Wildman–Crippen MR) is 117 cm³/mol. The Bertz CT molecular complexity index is 878. The van der Waals surface area contributed by atoms with E-state index >= 15 is 0 Å². The molecule has 5 heteroatoms. The standard InChI is InChI=1S/C21H24ClN2Si2/c1-14-9-7-10-15(2)20(14)23-18(5)13-19(6)24(26(23,22)25)21-16(3)11-8-12-17(21)4/h7-13H,5H2,1-4,6H3. The fraction of sp³-hybridized carbons (Fsp3) is 0.238. The number of halogens is 1. The van der Waals surface area contributed by atoms with Crippen LogP contribution in [0.25, 0.3) is 0 Å². The largest absolute Gasteiger partial charge is 0.345 e. The number of rotatable bonds is 2. The van der Waals surface area contributed by atoms with E-state index in [4.69, 9.17) is 11.1 Å². The van der Waals surface area contributed by atoms with Gasteiger partial charge in [-0.3, -0.25) is 0 Å². The first-order chi connectivity index (χ1) is 12.2. The van der Waals surface area contributed by atoms with Gasteiger partial charge in [0.2, 0.25) is 0 Å². The monoisotopic (exact) mass is 395 g/mol. The Balaban J connectivity index is 2.26. The van der Waals surface area contributed by atoms with Crippen LogP contribution in [-0.4, -0.2) is 17.0 Å². The summed E-state index contributed by atoms with van der Waals surface area (Å²) in [5.74, 6) is 0. The number of aryl methyl sites for hydroxylation is 4. The molecule has 2 nitrogen and oxygen atoms in total. The Kier molecular flexibility index (Phi) is 4.95. The van der Waals surface area contributed by atoms with Gasteiger partial charge in [0.1, 0.15) is 0 Å². The van der Waals surface area contributed by atoms with Crippen LogP contribution in [0.1, 0.15) is 29.2 Å². The van der Waals surface area contributed by atoms with Crippen LogP contribution in [0.4, 0.5) is 11.4 Å². The highest BCUT2D eigenvalue weighted by molar-refractivity contribution is 7.46. The van der Waals surface area contributed by atoms with Crippen molar-refractivity contribution in [3.8, 4) is 0 Å². The van der Waals surface area contributed by atoms with Gasteiger partial charge in [0, 0.05) is 22.8 Å². The number of nitrogens with zero attached hydrogens (tertiary/aromatic N) is 2. The molecule has 0 aliphatic carbocycles. The molecule has 1 aliphatic heterocycles. The van der Waals surface area contributed by atoms with Gasteiger partial charge < -0.3 is 9.13 Å². The van der Waals surface area contributed by atoms with Crippen LogP contribution in [0.3, 0.4) is 0 Å². The molecule has 0 amide bonds. The van der Waals surface area contributed by atoms with Gasteiger partial charge in [-0.05, 0) is 62.9 Å². The number of para-hydroxylation sites is 2. The smallest absolute Gasteiger partial charge is 0.343 e. The maximum atomic E-state index is 7.35. The molecule has 1 atom stereocenters. The summed E-state index contributed by atoms with van der Waals surface area (Å²) in [6.07, 6.45) is 2.12. The molecule has 1 heterocycles. The van der Waals surface area contributed by atoms with E-state index in [9.17, 15) is 0 Å². The van der Waals surface area contributed by atoms with E-state index in [0.717, 1.165) is 17.1 Å². The Labute approximate surface area is 165 Å². The highest BCUT2D eigenvalue weighted by Gasteiger charge is 2.46. The first-order valence-electron chi connectivity index (χ1n) is 8.70. The third-order valence-electron chi connectivity index (χ3n) is 4.93. The zero-order valence-electron chi connectivity index (χ0n) is 16.0. The summed E-state index contributed by atoms with van der Waals surface area (Å²) in [5, 5.41) is 0. The SMILES string of the molecule is C=C1C=C(C)N(c2c(C)cccc2C)[Si]([Si])(Cl)N1c1c(C)cccc1C. The summed E-state index contributed by atoms with van der Waals surface area (Å²) >= 11 is 7.35. The third-order valence-corrected chi connectivity index (χ3v) is 9.56. The lowest BCUT2D eigenvalue weighted by Crippen LogP contribution is -2.65. The summed E-state index contributed by atoms with van der Waals surface area (Å²) in [4.78, 5) is 0. The van der Waals surface area contributed by atoms with Crippen molar-refractivity contribution in [3.63, 3.8) is 0 Å². The molecule has 1 unspecified atom stereocenters. The van der Waals surface area contributed by atoms with Crippen LogP contribution in [0, 0.1) is 27.7 Å². The maximum Gasteiger partial charge on any atom is 0.343 e. The zero-order chi connectivity index (χ0) is 19.2. The molecule has 133 valence electrons. The number of anilines is 2. The van der Waals surface area contributed by atoms with Crippen LogP contribution < -0.4 is 9.13 Å². The van der Waals surface area contributed by atoms with E-state index in [2.05, 4.69) is 103 Å². The van der Waals surface area contributed by atoms with E-state index in [-0.39, 0.29) is 0 Å². The highest BCUT2D eigenvalue weighted by Crippen LogP contribution is 2.42. The zero-order valence-corrected chi connectivity index (χ0v) is 18.8. The molecular formula is C21H24ClN2Si2. The van der Waals surface area contributed by atoms with Crippen LogP contribution in [0.5, 0.6) is 0 Å². The van der Waals surface area contributed by atoms with Gasteiger partial charge in [0.25, 0.3) is 0 Å². The summed E-state index contributed by atoms with van der Waals surface area (Å²) in [6, 6.07) is 12.7. The quantitative estimate of drug-likeness (QED) is 0.488. The maximum absolute atomic E-state index is 7.35. The molecule has 0 saturated heterocycles. The minimum atomic E-state index is -2.81. The van der Waals surface area contributed by atoms with Crippen molar-refractivity contribution in [2.24, 2.45) is 0 Å². The second-order valence-corrected chi connectivity index (χ2v) is 13.7. The molecule has 3 rings (SSSR count). The lowest BCUT2D eigenvalue weighted by molar-refractivity contribution is 1.09. The molecule has 0 spiro atoms. The van der Waals surface area contributed by atoms with Crippen molar-refractivity contribution < 1.29 is 0 Å². The second kappa shape index (κ2) is 6.76. The lowest BCUT2D eigenvalue weighted by Gasteiger charge is -2.50. The Morgan fingerprint density at radius 1 is 0.808 bits per heavy atom. The van der Waals surface area contributed by atoms with Crippen LogP contribution in [-0.2, 0) is 0 Å². The summed E-state index contributed by atoms with van der Waals surface area (Å²) in [5.41, 5.74) is 9.12. The van der Waals surface area contributed by atoms with E-state index in [1.165, 1.54) is 27.9 Å². The number of allylic oxidation sites excluding steroid dienone is 2. The molecule has 0 aromatic heterocycles. The fourth-order valence-electron chi connectivity index (χ4n) is 3.83. The predicted octanol–water partition coefficient (Wildman–Crippen LogP) is 5.51. The average molecular weight is 396 g/mol. The van der Waals surface area contributed by atoms with E-state index in [1.807, 2.05) is 0 Å². The van der Waals surface area contributed by atoms with Crippen LogP contribution >= 0.6 is 11.1 Å². The van der Waals surface area contributed by atoms with E-state index in [1.54, 1.807) is 0 Å². The molecule has 0 fully saturated rings. The van der Waals surface area contributed by atoms with Gasteiger partial charge in [-0.2, -0.15) is 0 Å². The Morgan fingerprint density at radius 3 is 1.62 bits per heavy atom. The minimum Gasteiger partial charge on any atom is -0.345 e. The molecule has 26 heavy (non-hydrogen) atoms. The van der Waals surface area contributed by atoms with Gasteiger partial charge >= 0.3 is 7.22 Å². The molecule has 2 aromatic rings. The molecule has 2 aromatic carbocycles. The Morgan fingerprint density at radius 2 is 1.19 bits per heavy atom. The average Bonchev–Trinajstić information content (AvgIpc) is 2.52. The van der Waals surface area contributed by atoms with Gasteiger partial charge in [-0.1, -0.05) is 43.0 Å². The Hall–Kier alpha value is -1.76. The van der Waals surface area contributed by atoms with Crippen molar-refractivity contribution in [2.45, 2.75) is 34.6 Å². The van der Waals surface area contributed by atoms with Crippen LogP contribution in [0.2, 0.25) is 0 Å². The number of benzene rings is 2. The molecule has 3 radical (unpaired) electrons. The van der Waals surface area contributed by atoms with Gasteiger partial charge in [-0.25, -0.2) is 0 Å². The first kappa shape index (κ1) is 19.0. The lowest BCUT2D eigenvalue weighted by atomic mass is 10.1. The van der Waals surface area contributed by atoms with Gasteiger partial charge in [0.05, 0.1) is 9.76 Å². The highest BCUT2D eigenvalue weighted by atomic mass is 35.6. The molecule has 0 bridgehead atoms. The third kappa shape index (κ3) is 2.96. The van der Waals surface area contributed by atoms with Gasteiger partial charge in [0.15, 0.2) is 0 Å². The van der Waals surface area contributed by atoms with Crippen molar-refractivity contribution in [2.75, 3.05) is 9.13 Å². The first-order valence-corrected chi connectivity index (χ1v) is 13.1. The number of hydrogen-bond acceptors (Lipinski definition) is 2. The van der Waals surface area contributed by atoms with Crippen molar-refractivity contribution >= 4 is 39.4 Å². The van der Waals surface area contributed by atoms with Gasteiger partial charge in [-0.15, -0.1) is 11.1 Å². The molecule has 0 N–H and O–H groups in total. The number of hydrogen-bond donors (Lipinski definition) is 0. The summed E-state index contributed by atoms with van der Waals surface area (Å²) in [7, 11) is 1.23. The summed E-state index contributed by atoms with van der Waals surface area (Å²) in [6.45, 7) is 14.9. The molecule has 0 saturated carbocycles. The second-order valence-electron chi connectivity index (χ2n) is 7.02. The van der Waals surface area contributed by atoms with Crippen molar-refractivity contribution in [3.05, 3.63) is 82.7 Å². The van der Waals surface area contributed by atoms with E-state index in [0.29, 0.717) is 0 Å². The van der Waals surface area contributed by atoms with Crippen molar-refractivity contribution in [1.29, 1.82) is 0 Å². The topological polar surface area (TPSA) is 6.48 Å². The van der Waals surface area contributed by atoms with Crippen molar-refractivity contribution in [1.82, 2.24) is 0 Å². The minimum absolute atomic E-state index is 0.916. The normalized spacial score (nSPS) is 20.4. The molecular weight excluding hydrogens is 372 g/mol. The van der Waals surface area contributed by atoms with Crippen LogP contribution in [0.15, 0.2) is 60.4 Å². The fourth-order valence-corrected chi connectivity index (χ4v) is 9.17. The summed E-state index contributed by atoms with van der Waals surface area (Å²) < 4.78 is 4.48. The van der Waals surface area contributed by atoms with E-state index < -0.39 is 7.22 Å².